The number of halogens is 1. The average Bonchev–Trinajstić information content (AvgIpc) is 2.24. The van der Waals surface area contributed by atoms with E-state index in [1.807, 2.05) is 0 Å². The number of alkyl halides is 1. The van der Waals surface area contributed by atoms with E-state index in [1.165, 1.54) is 7.11 Å². The number of methoxy groups -OCH3 is 1. The molecule has 0 aromatic carbocycles. The third-order valence-electron chi connectivity index (χ3n) is 2.87. The second-order valence-electron chi connectivity index (χ2n) is 4.29. The van der Waals surface area contributed by atoms with E-state index in [9.17, 15) is 8.42 Å². The third-order valence-corrected chi connectivity index (χ3v) is 4.57. The minimum Gasteiger partial charge on any atom is -0.384 e. The van der Waals surface area contributed by atoms with Gasteiger partial charge in [0.1, 0.15) is 0 Å². The smallest absolute Gasteiger partial charge is 0.213 e. The Bertz CT molecular complexity index is 294. The predicted octanol–water partition coefficient (Wildman–Crippen LogP) is 1.35. The summed E-state index contributed by atoms with van der Waals surface area (Å²) < 4.78 is 30.3. The Labute approximate surface area is 103 Å². The molecule has 0 aromatic rings. The Morgan fingerprint density at radius 3 is 2.81 bits per heavy atom. The van der Waals surface area contributed by atoms with E-state index in [2.05, 4.69) is 4.72 Å². The summed E-state index contributed by atoms with van der Waals surface area (Å²) in [6.07, 6.45) is 4.12. The predicted molar refractivity (Wildman–Crippen MR) is 65.3 cm³/mol. The average molecular weight is 270 g/mol. The second-order valence-corrected chi connectivity index (χ2v) is 6.83. The van der Waals surface area contributed by atoms with Gasteiger partial charge >= 0.3 is 0 Å². The van der Waals surface area contributed by atoms with E-state index in [1.54, 1.807) is 0 Å². The van der Waals surface area contributed by atoms with Gasteiger partial charge in [0.25, 0.3) is 0 Å². The first-order valence-electron chi connectivity index (χ1n) is 5.64. The van der Waals surface area contributed by atoms with Crippen LogP contribution in [0.1, 0.15) is 25.7 Å². The lowest BCUT2D eigenvalue weighted by molar-refractivity contribution is 0.216. The molecule has 0 saturated heterocycles. The van der Waals surface area contributed by atoms with Gasteiger partial charge in [0, 0.05) is 19.0 Å². The molecule has 6 heteroatoms. The molecule has 1 rings (SSSR count). The van der Waals surface area contributed by atoms with Crippen molar-refractivity contribution in [1.82, 2.24) is 4.72 Å². The molecule has 1 saturated carbocycles. The molecule has 16 heavy (non-hydrogen) atoms. The Kier molecular flexibility index (Phi) is 6.03. The molecule has 0 aliphatic heterocycles. The maximum atomic E-state index is 11.5. The van der Waals surface area contributed by atoms with Crippen LogP contribution in [0.2, 0.25) is 0 Å². The number of nitrogens with one attached hydrogen (secondary N) is 1. The summed E-state index contributed by atoms with van der Waals surface area (Å²) in [5.41, 5.74) is 0. The Hall–Kier alpha value is 0.160. The molecule has 0 bridgehead atoms. The van der Waals surface area contributed by atoms with Gasteiger partial charge in [-0.05, 0) is 25.2 Å². The van der Waals surface area contributed by atoms with Crippen LogP contribution in [0, 0.1) is 5.92 Å². The van der Waals surface area contributed by atoms with Crippen LogP contribution in [-0.4, -0.2) is 39.8 Å². The Balaban J connectivity index is 2.27. The highest BCUT2D eigenvalue weighted by Crippen LogP contribution is 2.27. The zero-order chi connectivity index (χ0) is 12.0. The van der Waals surface area contributed by atoms with Gasteiger partial charge in [0.2, 0.25) is 10.0 Å². The van der Waals surface area contributed by atoms with Gasteiger partial charge in [-0.25, -0.2) is 13.1 Å². The molecule has 0 heterocycles. The molecule has 1 fully saturated rings. The van der Waals surface area contributed by atoms with Crippen molar-refractivity contribution >= 4 is 21.6 Å². The van der Waals surface area contributed by atoms with Crippen molar-refractivity contribution in [3.8, 4) is 0 Å². The minimum atomic E-state index is -3.18. The van der Waals surface area contributed by atoms with Crippen molar-refractivity contribution in [2.75, 3.05) is 26.0 Å². The molecule has 0 aromatic heterocycles. The van der Waals surface area contributed by atoms with Crippen molar-refractivity contribution in [3.05, 3.63) is 0 Å². The molecule has 1 aliphatic rings. The van der Waals surface area contributed by atoms with Crippen LogP contribution in [0.4, 0.5) is 0 Å². The maximum Gasteiger partial charge on any atom is 0.213 e. The number of sulfonamides is 1. The van der Waals surface area contributed by atoms with Crippen LogP contribution < -0.4 is 4.72 Å². The molecular formula is C10H20ClNO3S. The van der Waals surface area contributed by atoms with Gasteiger partial charge in [-0.15, -0.1) is 11.6 Å². The SMILES string of the molecule is COCCS(=O)(=O)NCC1CCCC(Cl)C1. The Morgan fingerprint density at radius 1 is 1.44 bits per heavy atom. The van der Waals surface area contributed by atoms with Crippen molar-refractivity contribution in [2.24, 2.45) is 5.92 Å². The van der Waals surface area contributed by atoms with Gasteiger partial charge in [-0.3, -0.25) is 0 Å². The number of rotatable bonds is 6. The highest BCUT2D eigenvalue weighted by molar-refractivity contribution is 7.89. The van der Waals surface area contributed by atoms with Gasteiger partial charge < -0.3 is 4.74 Å². The van der Waals surface area contributed by atoms with E-state index in [-0.39, 0.29) is 17.7 Å². The molecule has 1 aliphatic carbocycles. The zero-order valence-corrected chi connectivity index (χ0v) is 11.2. The lowest BCUT2D eigenvalue weighted by Crippen LogP contribution is -2.34. The summed E-state index contributed by atoms with van der Waals surface area (Å²) in [5.74, 6) is 0.411. The van der Waals surface area contributed by atoms with Crippen LogP contribution in [0.5, 0.6) is 0 Å². The quantitative estimate of drug-likeness (QED) is 0.741. The first kappa shape index (κ1) is 14.2. The molecule has 0 spiro atoms. The number of hydrogen-bond acceptors (Lipinski definition) is 3. The van der Waals surface area contributed by atoms with Gasteiger partial charge in [0.15, 0.2) is 0 Å². The van der Waals surface area contributed by atoms with E-state index < -0.39 is 10.0 Å². The summed E-state index contributed by atoms with van der Waals surface area (Å²) in [4.78, 5) is 0. The summed E-state index contributed by atoms with van der Waals surface area (Å²) in [6.45, 7) is 0.743. The summed E-state index contributed by atoms with van der Waals surface area (Å²) in [7, 11) is -1.68. The lowest BCUT2D eigenvalue weighted by Gasteiger charge is -2.25. The zero-order valence-electron chi connectivity index (χ0n) is 9.62. The van der Waals surface area contributed by atoms with Crippen LogP contribution >= 0.6 is 11.6 Å². The topological polar surface area (TPSA) is 55.4 Å². The van der Waals surface area contributed by atoms with Crippen LogP contribution in [0.25, 0.3) is 0 Å². The molecule has 96 valence electrons. The van der Waals surface area contributed by atoms with E-state index in [4.69, 9.17) is 16.3 Å². The fourth-order valence-corrected chi connectivity index (χ4v) is 3.35. The van der Waals surface area contributed by atoms with Gasteiger partial charge in [-0.1, -0.05) is 6.42 Å². The van der Waals surface area contributed by atoms with Crippen LogP contribution in [0.15, 0.2) is 0 Å². The maximum absolute atomic E-state index is 11.5. The monoisotopic (exact) mass is 269 g/mol. The van der Waals surface area contributed by atoms with Crippen LogP contribution in [0.3, 0.4) is 0 Å². The highest BCUT2D eigenvalue weighted by Gasteiger charge is 2.21. The largest absolute Gasteiger partial charge is 0.384 e. The third kappa shape index (κ3) is 5.48. The van der Waals surface area contributed by atoms with Crippen molar-refractivity contribution < 1.29 is 13.2 Å². The van der Waals surface area contributed by atoms with Crippen molar-refractivity contribution in [2.45, 2.75) is 31.1 Å². The van der Waals surface area contributed by atoms with Gasteiger partial charge in [-0.2, -0.15) is 0 Å². The standard InChI is InChI=1S/C10H20ClNO3S/c1-15-5-6-16(13,14)12-8-9-3-2-4-10(11)7-9/h9-10,12H,2-8H2,1H3. The van der Waals surface area contributed by atoms with Crippen molar-refractivity contribution in [1.29, 1.82) is 0 Å². The molecule has 2 unspecified atom stereocenters. The molecule has 2 atom stereocenters. The normalized spacial score (nSPS) is 26.9. The van der Waals surface area contributed by atoms with E-state index in [0.29, 0.717) is 12.5 Å². The summed E-state index contributed by atoms with van der Waals surface area (Å²) >= 11 is 6.05. The second kappa shape index (κ2) is 6.79. The molecule has 4 nitrogen and oxygen atoms in total. The van der Waals surface area contributed by atoms with E-state index >= 15 is 0 Å². The highest BCUT2D eigenvalue weighted by atomic mass is 35.5. The van der Waals surface area contributed by atoms with Crippen LogP contribution in [-0.2, 0) is 14.8 Å². The molecule has 0 amide bonds. The van der Waals surface area contributed by atoms with Crippen molar-refractivity contribution in [3.63, 3.8) is 0 Å². The fourth-order valence-electron chi connectivity index (χ4n) is 1.92. The number of ether oxygens (including phenoxy) is 1. The first-order chi connectivity index (χ1) is 7.53. The molecular weight excluding hydrogens is 250 g/mol. The lowest BCUT2D eigenvalue weighted by atomic mass is 9.89. The first-order valence-corrected chi connectivity index (χ1v) is 7.72. The fraction of sp³-hybridized carbons (Fsp3) is 1.00. The minimum absolute atomic E-state index is 0.0283. The number of hydrogen-bond donors (Lipinski definition) is 1. The summed E-state index contributed by atoms with van der Waals surface area (Å²) in [5, 5.41) is 0.210. The van der Waals surface area contributed by atoms with E-state index in [0.717, 1.165) is 25.7 Å². The Morgan fingerprint density at radius 2 is 2.19 bits per heavy atom. The summed E-state index contributed by atoms with van der Waals surface area (Å²) in [6, 6.07) is 0. The molecule has 0 radical (unpaired) electrons. The van der Waals surface area contributed by atoms with Gasteiger partial charge in [0.05, 0.1) is 12.4 Å². The molecule has 1 N–H and O–H groups in total.